The molecule has 3 rings (SSSR count). The fourth-order valence-corrected chi connectivity index (χ4v) is 5.94. The van der Waals surface area contributed by atoms with Gasteiger partial charge in [0.25, 0.3) is 10.0 Å². The van der Waals surface area contributed by atoms with Crippen LogP contribution in [0.1, 0.15) is 99.5 Å². The van der Waals surface area contributed by atoms with Gasteiger partial charge in [0.15, 0.2) is 0 Å². The molecule has 6 heteroatoms. The number of carbonyl (C=O) groups excluding carboxylic acids is 1. The number of nitrogens with zero attached hydrogens (tertiary/aromatic N) is 1. The molecule has 0 saturated heterocycles. The Bertz CT molecular complexity index is 1160. The van der Waals surface area contributed by atoms with Crippen molar-refractivity contribution in [3.05, 3.63) is 70.3 Å². The fourth-order valence-electron chi connectivity index (χ4n) is 4.96. The van der Waals surface area contributed by atoms with Crippen molar-refractivity contribution in [3.63, 3.8) is 0 Å². The Hall–Kier alpha value is -2.44. The number of benzene rings is 2. The van der Waals surface area contributed by atoms with Crippen LogP contribution in [0.25, 0.3) is 5.57 Å². The van der Waals surface area contributed by atoms with Crippen LogP contribution in [0, 0.1) is 0 Å². The Balaban J connectivity index is 1.88. The van der Waals surface area contributed by atoms with Crippen LogP contribution in [0.4, 0.5) is 0 Å². The molecule has 2 aromatic rings. The second kappa shape index (κ2) is 12.2. The molecule has 0 unspecified atom stereocenters. The maximum absolute atomic E-state index is 13.1. The lowest BCUT2D eigenvalue weighted by molar-refractivity contribution is -0.118. The number of sulfonamides is 1. The molecule has 0 bridgehead atoms. The summed E-state index contributed by atoms with van der Waals surface area (Å²) in [4.78, 5) is 15.2. The monoisotopic (exact) mass is 510 g/mol. The van der Waals surface area contributed by atoms with Crippen molar-refractivity contribution >= 4 is 21.5 Å². The standard InChI is InChI=1S/C30H42N2O3S/c1-21(2)27-17-25(24-11-9-7-8-10-12-24)18-28(22(3)4)29(27)19-30(33)31-36(34,35)26-15-13-23(14-16-26)20-32(5)6/h11,13-18,21-22H,7-10,12,19-20H2,1-6H3,(H,31,33). The van der Waals surface area contributed by atoms with Gasteiger partial charge >= 0.3 is 0 Å². The van der Waals surface area contributed by atoms with Gasteiger partial charge in [-0.2, -0.15) is 0 Å². The summed E-state index contributed by atoms with van der Waals surface area (Å²) in [7, 11) is -0.0225. The third-order valence-electron chi connectivity index (χ3n) is 6.79. The molecule has 1 N–H and O–H groups in total. The van der Waals surface area contributed by atoms with Gasteiger partial charge in [-0.1, -0.05) is 64.5 Å². The number of hydrogen-bond donors (Lipinski definition) is 1. The topological polar surface area (TPSA) is 66.5 Å². The van der Waals surface area contributed by atoms with Crippen LogP contribution in [-0.4, -0.2) is 33.3 Å². The first kappa shape index (κ1) is 28.1. The maximum Gasteiger partial charge on any atom is 0.264 e. The van der Waals surface area contributed by atoms with E-state index >= 15 is 0 Å². The minimum atomic E-state index is -3.94. The van der Waals surface area contributed by atoms with Crippen molar-refractivity contribution in [2.45, 2.75) is 89.5 Å². The van der Waals surface area contributed by atoms with Crippen molar-refractivity contribution in [1.29, 1.82) is 0 Å². The summed E-state index contributed by atoms with van der Waals surface area (Å²) in [5.74, 6) is -0.0625. The zero-order chi connectivity index (χ0) is 26.5. The molecule has 196 valence electrons. The molecule has 0 heterocycles. The first-order chi connectivity index (χ1) is 17.0. The Morgan fingerprint density at radius 1 is 0.944 bits per heavy atom. The van der Waals surface area contributed by atoms with Crippen molar-refractivity contribution < 1.29 is 13.2 Å². The molecule has 0 radical (unpaired) electrons. The number of rotatable bonds is 9. The first-order valence-corrected chi connectivity index (χ1v) is 14.6. The van der Waals surface area contributed by atoms with Crippen molar-refractivity contribution in [1.82, 2.24) is 9.62 Å². The Morgan fingerprint density at radius 3 is 2.11 bits per heavy atom. The van der Waals surface area contributed by atoms with Gasteiger partial charge in [0.1, 0.15) is 0 Å². The average molecular weight is 511 g/mol. The van der Waals surface area contributed by atoms with Gasteiger partial charge < -0.3 is 4.90 Å². The fraction of sp³-hybridized carbons (Fsp3) is 0.500. The molecule has 0 spiro atoms. The average Bonchev–Trinajstić information content (AvgIpc) is 3.08. The molecule has 36 heavy (non-hydrogen) atoms. The van der Waals surface area contributed by atoms with Crippen molar-refractivity contribution in [2.24, 2.45) is 0 Å². The van der Waals surface area contributed by atoms with Crippen molar-refractivity contribution in [3.8, 4) is 0 Å². The molecule has 2 aromatic carbocycles. The summed E-state index contributed by atoms with van der Waals surface area (Å²) in [6.07, 6.45) is 8.32. The highest BCUT2D eigenvalue weighted by Crippen LogP contribution is 2.35. The SMILES string of the molecule is CC(C)c1cc(C2=CCCCCC2)cc(C(C)C)c1CC(=O)NS(=O)(=O)c1ccc(CN(C)C)cc1. The van der Waals surface area contributed by atoms with Gasteiger partial charge in [0, 0.05) is 6.54 Å². The van der Waals surface area contributed by atoms with Gasteiger partial charge in [0.05, 0.1) is 11.3 Å². The molecule has 0 saturated carbocycles. The third kappa shape index (κ3) is 7.30. The molecule has 0 fully saturated rings. The summed E-state index contributed by atoms with van der Waals surface area (Å²) < 4.78 is 28.2. The van der Waals surface area contributed by atoms with Gasteiger partial charge in [0.2, 0.25) is 5.91 Å². The van der Waals surface area contributed by atoms with Crippen LogP contribution in [0.2, 0.25) is 0 Å². The first-order valence-electron chi connectivity index (χ1n) is 13.1. The number of amides is 1. The van der Waals surface area contributed by atoms with Crippen LogP contribution >= 0.6 is 0 Å². The van der Waals surface area contributed by atoms with E-state index < -0.39 is 15.9 Å². The van der Waals surface area contributed by atoms with Gasteiger partial charge in [-0.3, -0.25) is 4.79 Å². The van der Waals surface area contributed by atoms with E-state index in [1.54, 1.807) is 24.3 Å². The summed E-state index contributed by atoms with van der Waals surface area (Å²) in [6.45, 7) is 9.27. The van der Waals surface area contributed by atoms with E-state index in [1.165, 1.54) is 30.4 Å². The molecule has 1 aliphatic carbocycles. The zero-order valence-electron chi connectivity index (χ0n) is 22.7. The summed E-state index contributed by atoms with van der Waals surface area (Å²) in [6, 6.07) is 11.1. The lowest BCUT2D eigenvalue weighted by Gasteiger charge is -2.22. The number of allylic oxidation sites excluding steroid dienone is 2. The van der Waals surface area contributed by atoms with E-state index in [2.05, 4.69) is 50.6 Å². The van der Waals surface area contributed by atoms with Crippen LogP contribution in [0.3, 0.4) is 0 Å². The summed E-state index contributed by atoms with van der Waals surface area (Å²) in [5.41, 5.74) is 6.86. The number of nitrogens with one attached hydrogen (secondary N) is 1. The lowest BCUT2D eigenvalue weighted by atomic mass is 9.83. The molecular weight excluding hydrogens is 468 g/mol. The molecule has 1 amide bonds. The van der Waals surface area contributed by atoms with E-state index in [9.17, 15) is 13.2 Å². The van der Waals surface area contributed by atoms with Gasteiger partial charge in [-0.25, -0.2) is 13.1 Å². The van der Waals surface area contributed by atoms with Gasteiger partial charge in [-0.15, -0.1) is 0 Å². The normalized spacial score (nSPS) is 14.8. The zero-order valence-corrected chi connectivity index (χ0v) is 23.5. The molecule has 0 aliphatic heterocycles. The number of carbonyl (C=O) groups is 1. The van der Waals surface area contributed by atoms with E-state index in [1.807, 2.05) is 19.0 Å². The Morgan fingerprint density at radius 2 is 1.56 bits per heavy atom. The molecule has 5 nitrogen and oxygen atoms in total. The minimum Gasteiger partial charge on any atom is -0.305 e. The van der Waals surface area contributed by atoms with E-state index in [-0.39, 0.29) is 23.2 Å². The number of hydrogen-bond acceptors (Lipinski definition) is 4. The summed E-state index contributed by atoms with van der Waals surface area (Å²) in [5, 5.41) is 0. The third-order valence-corrected chi connectivity index (χ3v) is 8.18. The largest absolute Gasteiger partial charge is 0.305 e. The molecular formula is C30H42N2O3S. The predicted octanol–water partition coefficient (Wildman–Crippen LogP) is 6.39. The van der Waals surface area contributed by atoms with Crippen LogP contribution in [-0.2, 0) is 27.8 Å². The Labute approximate surface area is 218 Å². The predicted molar refractivity (Wildman–Crippen MR) is 149 cm³/mol. The van der Waals surface area contributed by atoms with Crippen LogP contribution < -0.4 is 4.72 Å². The maximum atomic E-state index is 13.1. The lowest BCUT2D eigenvalue weighted by Crippen LogP contribution is -2.32. The minimum absolute atomic E-state index is 0.0400. The highest BCUT2D eigenvalue weighted by atomic mass is 32.2. The van der Waals surface area contributed by atoms with E-state index in [4.69, 9.17) is 0 Å². The quantitative estimate of drug-likeness (QED) is 0.424. The highest BCUT2D eigenvalue weighted by molar-refractivity contribution is 7.90. The molecule has 0 atom stereocenters. The summed E-state index contributed by atoms with van der Waals surface area (Å²) >= 11 is 0. The smallest absolute Gasteiger partial charge is 0.264 e. The van der Waals surface area contributed by atoms with Gasteiger partial charge in [-0.05, 0) is 97.1 Å². The van der Waals surface area contributed by atoms with Crippen LogP contribution in [0.15, 0.2) is 47.4 Å². The van der Waals surface area contributed by atoms with E-state index in [0.29, 0.717) is 0 Å². The van der Waals surface area contributed by atoms with Crippen LogP contribution in [0.5, 0.6) is 0 Å². The van der Waals surface area contributed by atoms with Crippen molar-refractivity contribution in [2.75, 3.05) is 14.1 Å². The Kier molecular flexibility index (Phi) is 9.53. The second-order valence-corrected chi connectivity index (χ2v) is 12.5. The second-order valence-electron chi connectivity index (χ2n) is 10.9. The highest BCUT2D eigenvalue weighted by Gasteiger charge is 2.23. The molecule has 1 aliphatic rings. The van der Waals surface area contributed by atoms with E-state index in [0.717, 1.165) is 41.6 Å². The molecule has 0 aromatic heterocycles.